The van der Waals surface area contributed by atoms with Crippen molar-refractivity contribution in [2.75, 3.05) is 12.0 Å². The van der Waals surface area contributed by atoms with Crippen molar-refractivity contribution in [3.8, 4) is 0 Å². The number of hydrogen-bond acceptors (Lipinski definition) is 6. The predicted octanol–water partition coefficient (Wildman–Crippen LogP) is 1.18. The molecule has 0 fully saturated rings. The third-order valence-corrected chi connectivity index (χ3v) is 4.15. The van der Waals surface area contributed by atoms with Crippen LogP contribution in [0.5, 0.6) is 0 Å². The van der Waals surface area contributed by atoms with Crippen molar-refractivity contribution in [1.29, 1.82) is 0 Å². The molecule has 0 aliphatic rings. The normalized spacial score (nSPS) is 13.5. The van der Waals surface area contributed by atoms with Crippen molar-refractivity contribution in [1.82, 2.24) is 5.32 Å². The van der Waals surface area contributed by atoms with Crippen LogP contribution in [-0.2, 0) is 16.4 Å². The first-order valence-corrected chi connectivity index (χ1v) is 7.80. The van der Waals surface area contributed by atoms with E-state index in [9.17, 15) is 18.5 Å². The Balaban J connectivity index is 2.47. The monoisotopic (exact) mass is 278 g/mol. The molecule has 96 valence electrons. The van der Waals surface area contributed by atoms with E-state index in [2.05, 4.69) is 5.32 Å². The Morgan fingerprint density at radius 2 is 2.18 bits per heavy atom. The van der Waals surface area contributed by atoms with Gasteiger partial charge in [-0.3, -0.25) is 10.1 Å². The van der Waals surface area contributed by atoms with E-state index >= 15 is 0 Å². The molecule has 1 aromatic heterocycles. The maximum absolute atomic E-state index is 11.0. The van der Waals surface area contributed by atoms with Crippen LogP contribution in [0.3, 0.4) is 0 Å². The first kappa shape index (κ1) is 14.1. The van der Waals surface area contributed by atoms with Gasteiger partial charge < -0.3 is 5.32 Å². The summed E-state index contributed by atoms with van der Waals surface area (Å²) in [5.41, 5.74) is 0. The third-order valence-electron chi connectivity index (χ3n) is 2.00. The molecule has 0 saturated heterocycles. The average Bonchev–Trinajstić information content (AvgIpc) is 2.60. The van der Waals surface area contributed by atoms with Crippen LogP contribution >= 0.6 is 11.3 Å². The fourth-order valence-electron chi connectivity index (χ4n) is 1.35. The fraction of sp³-hybridized carbons (Fsp3) is 0.556. The summed E-state index contributed by atoms with van der Waals surface area (Å²) in [6.07, 6.45) is 1.18. The number of rotatable bonds is 6. The lowest BCUT2D eigenvalue weighted by Crippen LogP contribution is -2.31. The zero-order chi connectivity index (χ0) is 13.1. The molecule has 0 bridgehead atoms. The highest BCUT2D eigenvalue weighted by Crippen LogP contribution is 2.23. The maximum atomic E-state index is 11.0. The Labute approximate surface area is 104 Å². The van der Waals surface area contributed by atoms with Crippen LogP contribution in [0.2, 0.25) is 0 Å². The van der Waals surface area contributed by atoms with Crippen LogP contribution in [0, 0.1) is 10.1 Å². The average molecular weight is 278 g/mol. The van der Waals surface area contributed by atoms with Crippen molar-refractivity contribution in [3.05, 3.63) is 27.1 Å². The lowest BCUT2D eigenvalue weighted by atomic mass is 10.3. The molecule has 0 spiro atoms. The van der Waals surface area contributed by atoms with Gasteiger partial charge in [-0.05, 0) is 13.0 Å². The van der Waals surface area contributed by atoms with E-state index in [4.69, 9.17) is 0 Å². The molecule has 8 heteroatoms. The van der Waals surface area contributed by atoms with E-state index in [0.29, 0.717) is 6.54 Å². The summed E-state index contributed by atoms with van der Waals surface area (Å²) in [6, 6.07) is 2.94. The summed E-state index contributed by atoms with van der Waals surface area (Å²) < 4.78 is 22.0. The summed E-state index contributed by atoms with van der Waals surface area (Å²) in [4.78, 5) is 10.8. The number of hydrogen-bond donors (Lipinski definition) is 1. The number of thiophene rings is 1. The maximum Gasteiger partial charge on any atom is 0.324 e. The molecule has 1 N–H and O–H groups in total. The molecule has 1 aromatic rings. The zero-order valence-corrected chi connectivity index (χ0v) is 11.2. The van der Waals surface area contributed by atoms with Gasteiger partial charge in [0.05, 0.1) is 10.7 Å². The molecule has 0 amide bonds. The topological polar surface area (TPSA) is 89.3 Å². The van der Waals surface area contributed by atoms with Crippen molar-refractivity contribution < 1.29 is 13.3 Å². The minimum absolute atomic E-state index is 0.0560. The molecule has 0 radical (unpaired) electrons. The van der Waals surface area contributed by atoms with Crippen molar-refractivity contribution >= 4 is 26.2 Å². The van der Waals surface area contributed by atoms with E-state index in [1.54, 1.807) is 13.0 Å². The molecule has 1 heterocycles. The largest absolute Gasteiger partial charge is 0.324 e. The minimum atomic E-state index is -3.00. The number of sulfone groups is 1. The third kappa shape index (κ3) is 5.24. The Kier molecular flexibility index (Phi) is 4.61. The molecule has 0 aliphatic carbocycles. The van der Waals surface area contributed by atoms with E-state index in [-0.39, 0.29) is 16.8 Å². The van der Waals surface area contributed by atoms with Gasteiger partial charge in [0.25, 0.3) is 0 Å². The van der Waals surface area contributed by atoms with Crippen LogP contribution in [0.4, 0.5) is 5.00 Å². The van der Waals surface area contributed by atoms with Crippen molar-refractivity contribution in [2.24, 2.45) is 0 Å². The van der Waals surface area contributed by atoms with Crippen LogP contribution < -0.4 is 5.32 Å². The summed E-state index contributed by atoms with van der Waals surface area (Å²) >= 11 is 1.09. The lowest BCUT2D eigenvalue weighted by molar-refractivity contribution is -0.380. The molecule has 0 saturated carbocycles. The molecule has 1 atom stereocenters. The van der Waals surface area contributed by atoms with Crippen LogP contribution in [0.15, 0.2) is 12.1 Å². The molecule has 1 rings (SSSR count). The first-order valence-electron chi connectivity index (χ1n) is 4.92. The predicted molar refractivity (Wildman–Crippen MR) is 67.0 cm³/mol. The number of nitro groups is 1. The van der Waals surface area contributed by atoms with Crippen molar-refractivity contribution in [3.63, 3.8) is 0 Å². The smallest absolute Gasteiger partial charge is 0.308 e. The second-order valence-corrected chi connectivity index (χ2v) is 7.20. The summed E-state index contributed by atoms with van der Waals surface area (Å²) in [5.74, 6) is 0.0560. The quantitative estimate of drug-likeness (QED) is 0.623. The molecule has 17 heavy (non-hydrogen) atoms. The van der Waals surface area contributed by atoms with E-state index in [1.165, 1.54) is 12.3 Å². The van der Waals surface area contributed by atoms with Gasteiger partial charge >= 0.3 is 5.00 Å². The van der Waals surface area contributed by atoms with Gasteiger partial charge in [-0.2, -0.15) is 0 Å². The number of nitrogens with one attached hydrogen (secondary N) is 1. The molecular weight excluding hydrogens is 264 g/mol. The Hall–Kier alpha value is -0.990. The van der Waals surface area contributed by atoms with Gasteiger partial charge in [-0.1, -0.05) is 11.3 Å². The van der Waals surface area contributed by atoms with Gasteiger partial charge in [0, 0.05) is 29.8 Å². The van der Waals surface area contributed by atoms with E-state index < -0.39 is 14.8 Å². The van der Waals surface area contributed by atoms with Crippen LogP contribution in [0.25, 0.3) is 0 Å². The Morgan fingerprint density at radius 3 is 2.65 bits per heavy atom. The zero-order valence-electron chi connectivity index (χ0n) is 9.54. The van der Waals surface area contributed by atoms with E-state index in [0.717, 1.165) is 16.2 Å². The summed E-state index contributed by atoms with van der Waals surface area (Å²) in [7, 11) is -3.00. The SMILES string of the molecule is CC(CS(C)(=O)=O)NCc1ccc([N+](=O)[O-])s1. The molecule has 0 aromatic carbocycles. The van der Waals surface area contributed by atoms with Gasteiger partial charge in [0.15, 0.2) is 0 Å². The minimum Gasteiger partial charge on any atom is -0.308 e. The van der Waals surface area contributed by atoms with Crippen LogP contribution in [0.1, 0.15) is 11.8 Å². The Morgan fingerprint density at radius 1 is 1.53 bits per heavy atom. The van der Waals surface area contributed by atoms with E-state index in [1.807, 2.05) is 0 Å². The van der Waals surface area contributed by atoms with Gasteiger partial charge in [-0.15, -0.1) is 0 Å². The standard InChI is InChI=1S/C9H14N2O4S2/c1-7(6-17(2,14)15)10-5-8-3-4-9(16-8)11(12)13/h3-4,7,10H,5-6H2,1-2H3. The second-order valence-electron chi connectivity index (χ2n) is 3.87. The fourth-order valence-corrected chi connectivity index (χ4v) is 3.14. The van der Waals surface area contributed by atoms with Gasteiger partial charge in [-0.25, -0.2) is 8.42 Å². The highest BCUT2D eigenvalue weighted by Gasteiger charge is 2.12. The molecule has 0 aliphatic heterocycles. The van der Waals surface area contributed by atoms with Crippen LogP contribution in [-0.4, -0.2) is 31.4 Å². The molecular formula is C9H14N2O4S2. The van der Waals surface area contributed by atoms with Gasteiger partial charge in [0.1, 0.15) is 9.84 Å². The molecule has 6 nitrogen and oxygen atoms in total. The number of nitrogens with zero attached hydrogens (tertiary/aromatic N) is 1. The molecule has 1 unspecified atom stereocenters. The second kappa shape index (κ2) is 5.56. The lowest BCUT2D eigenvalue weighted by Gasteiger charge is -2.11. The highest BCUT2D eigenvalue weighted by molar-refractivity contribution is 7.90. The summed E-state index contributed by atoms with van der Waals surface area (Å²) in [6.45, 7) is 2.21. The van der Waals surface area contributed by atoms with Crippen molar-refractivity contribution in [2.45, 2.75) is 19.5 Å². The first-order chi connectivity index (χ1) is 7.78. The Bertz CT molecular complexity index is 495. The summed E-state index contributed by atoms with van der Waals surface area (Å²) in [5, 5.41) is 13.6. The highest BCUT2D eigenvalue weighted by atomic mass is 32.2. The van der Waals surface area contributed by atoms with Gasteiger partial charge in [0.2, 0.25) is 0 Å².